The van der Waals surface area contributed by atoms with Gasteiger partial charge in [0, 0.05) is 50.5 Å². The highest BCUT2D eigenvalue weighted by Crippen LogP contribution is 2.54. The van der Waals surface area contributed by atoms with Gasteiger partial charge in [-0.25, -0.2) is 8.78 Å². The fourth-order valence-electron chi connectivity index (χ4n) is 4.41. The van der Waals surface area contributed by atoms with Gasteiger partial charge in [0.05, 0.1) is 12.1 Å². The van der Waals surface area contributed by atoms with Gasteiger partial charge in [0.25, 0.3) is 11.8 Å². The van der Waals surface area contributed by atoms with Crippen LogP contribution in [-0.2, 0) is 16.8 Å². The topological polar surface area (TPSA) is 101 Å². The van der Waals surface area contributed by atoms with Gasteiger partial charge in [-0.15, -0.1) is 0 Å². The number of aromatic nitrogens is 1. The van der Waals surface area contributed by atoms with Crippen LogP contribution < -0.4 is 10.7 Å². The van der Waals surface area contributed by atoms with Gasteiger partial charge in [0.1, 0.15) is 17.2 Å². The molecule has 10 heteroatoms. The number of amides is 2. The number of benzene rings is 1. The third-order valence-corrected chi connectivity index (χ3v) is 6.27. The number of halogens is 2. The number of nitrogens with zero attached hydrogens (tertiary/aromatic N) is 2. The highest BCUT2D eigenvalue weighted by Gasteiger charge is 2.60. The van der Waals surface area contributed by atoms with E-state index in [-0.39, 0.29) is 29.3 Å². The smallest absolute Gasteiger partial charge is 0.274 e. The first-order valence-corrected chi connectivity index (χ1v) is 10.2. The Labute approximate surface area is 182 Å². The lowest BCUT2D eigenvalue weighted by Crippen LogP contribution is -2.49. The molecule has 32 heavy (non-hydrogen) atoms. The lowest BCUT2D eigenvalue weighted by molar-refractivity contribution is 0.0622. The number of likely N-dealkylation sites (N-methyl/N-ethyl adjacent to an activating group) is 1. The van der Waals surface area contributed by atoms with Crippen molar-refractivity contribution in [2.24, 2.45) is 5.92 Å². The predicted octanol–water partition coefficient (Wildman–Crippen LogP) is 1.60. The molecule has 2 heterocycles. The molecule has 4 rings (SSSR count). The number of ether oxygens (including phenoxy) is 1. The second-order valence-corrected chi connectivity index (χ2v) is 8.14. The van der Waals surface area contributed by atoms with Gasteiger partial charge in [-0.1, -0.05) is 6.07 Å². The minimum atomic E-state index is -0.987. The first kappa shape index (κ1) is 21.9. The Morgan fingerprint density at radius 2 is 2.09 bits per heavy atom. The summed E-state index contributed by atoms with van der Waals surface area (Å²) in [6.45, 7) is 2.71. The van der Waals surface area contributed by atoms with Crippen molar-refractivity contribution in [1.29, 1.82) is 0 Å². The second-order valence-electron chi connectivity index (χ2n) is 8.14. The van der Waals surface area contributed by atoms with E-state index in [0.717, 1.165) is 6.07 Å². The molecule has 2 atom stereocenters. The van der Waals surface area contributed by atoms with E-state index in [1.165, 1.54) is 16.8 Å². The molecular formula is C22H23F2N3O5. The summed E-state index contributed by atoms with van der Waals surface area (Å²) >= 11 is 0. The second kappa shape index (κ2) is 8.01. The summed E-state index contributed by atoms with van der Waals surface area (Å²) in [4.78, 5) is 39.9. The van der Waals surface area contributed by atoms with Crippen molar-refractivity contribution in [2.75, 3.05) is 26.8 Å². The Morgan fingerprint density at radius 1 is 1.34 bits per heavy atom. The van der Waals surface area contributed by atoms with Gasteiger partial charge in [0.2, 0.25) is 5.43 Å². The fourth-order valence-corrected chi connectivity index (χ4v) is 4.41. The number of nitrogens with one attached hydrogen (secondary N) is 1. The van der Waals surface area contributed by atoms with E-state index in [2.05, 4.69) is 5.32 Å². The quantitative estimate of drug-likeness (QED) is 0.701. The average molecular weight is 447 g/mol. The highest BCUT2D eigenvalue weighted by molar-refractivity contribution is 5.99. The van der Waals surface area contributed by atoms with E-state index < -0.39 is 40.2 Å². The lowest BCUT2D eigenvalue weighted by Gasteiger charge is -2.37. The normalized spacial score (nSPS) is 21.6. The van der Waals surface area contributed by atoms with Crippen LogP contribution in [0, 0.1) is 17.6 Å². The van der Waals surface area contributed by atoms with Crippen LogP contribution >= 0.6 is 0 Å². The molecule has 170 valence electrons. The van der Waals surface area contributed by atoms with E-state index in [0.29, 0.717) is 32.2 Å². The molecule has 8 nitrogen and oxygen atoms in total. The zero-order chi connectivity index (χ0) is 23.2. The van der Waals surface area contributed by atoms with Crippen molar-refractivity contribution >= 4 is 11.8 Å². The standard InChI is InChI=1S/C22H23F2N3O5/c1-3-26-11-22(7-13(22)10-32-2)27-9-15(18(28)19(29)17(27)21(26)31)20(30)25-8-12-4-5-14(23)6-16(12)24/h4-6,9,13,29H,3,7-8,10-11H2,1-2H3,(H,25,30). The number of pyridine rings is 1. The third-order valence-electron chi connectivity index (χ3n) is 6.27. The zero-order valence-electron chi connectivity index (χ0n) is 17.7. The number of rotatable bonds is 6. The molecule has 1 aliphatic carbocycles. The molecule has 1 fully saturated rings. The predicted molar refractivity (Wildman–Crippen MR) is 109 cm³/mol. The van der Waals surface area contributed by atoms with Crippen LogP contribution in [0.4, 0.5) is 8.78 Å². The summed E-state index contributed by atoms with van der Waals surface area (Å²) < 4.78 is 33.7. The molecule has 2 amide bonds. The van der Waals surface area contributed by atoms with E-state index in [9.17, 15) is 28.3 Å². The molecule has 2 N–H and O–H groups in total. The SMILES string of the molecule is CCN1CC2(CC2COC)n2cc(C(=O)NCc3ccc(F)cc3F)c(=O)c(O)c2C1=O. The van der Waals surface area contributed by atoms with Crippen LogP contribution in [0.1, 0.15) is 39.8 Å². The number of carbonyl (C=O) groups is 2. The van der Waals surface area contributed by atoms with Crippen molar-refractivity contribution < 1.29 is 28.2 Å². The number of hydrogen-bond donors (Lipinski definition) is 2. The van der Waals surface area contributed by atoms with Gasteiger partial charge in [-0.05, 0) is 19.4 Å². The van der Waals surface area contributed by atoms with Crippen molar-refractivity contribution in [3.63, 3.8) is 0 Å². The summed E-state index contributed by atoms with van der Waals surface area (Å²) in [5.74, 6) is -3.66. The molecule has 0 saturated heterocycles. The minimum Gasteiger partial charge on any atom is -0.503 e. The van der Waals surface area contributed by atoms with E-state index in [1.807, 2.05) is 0 Å². The van der Waals surface area contributed by atoms with Gasteiger partial charge < -0.3 is 24.6 Å². The molecule has 2 aromatic rings. The minimum absolute atomic E-state index is 0.0367. The highest BCUT2D eigenvalue weighted by atomic mass is 19.1. The lowest BCUT2D eigenvalue weighted by atomic mass is 10.0. The monoisotopic (exact) mass is 447 g/mol. The summed E-state index contributed by atoms with van der Waals surface area (Å²) in [7, 11) is 1.56. The molecule has 2 aliphatic rings. The van der Waals surface area contributed by atoms with Crippen LogP contribution in [0.15, 0.2) is 29.2 Å². The van der Waals surface area contributed by atoms with Crippen molar-refractivity contribution in [3.05, 3.63) is 63.1 Å². The maximum Gasteiger partial charge on any atom is 0.274 e. The number of carbonyl (C=O) groups excluding carboxylic acids is 2. The number of methoxy groups -OCH3 is 1. The molecule has 1 aromatic heterocycles. The van der Waals surface area contributed by atoms with E-state index in [1.54, 1.807) is 18.9 Å². The van der Waals surface area contributed by atoms with Crippen LogP contribution in [0.25, 0.3) is 0 Å². The van der Waals surface area contributed by atoms with Crippen LogP contribution in [0.2, 0.25) is 0 Å². The summed E-state index contributed by atoms with van der Waals surface area (Å²) in [5, 5.41) is 13.0. The van der Waals surface area contributed by atoms with Gasteiger partial charge in [-0.2, -0.15) is 0 Å². The number of hydrogen-bond acceptors (Lipinski definition) is 5. The summed E-state index contributed by atoms with van der Waals surface area (Å²) in [6.07, 6.45) is 1.94. The first-order chi connectivity index (χ1) is 15.2. The van der Waals surface area contributed by atoms with Gasteiger partial charge in [0.15, 0.2) is 11.4 Å². The van der Waals surface area contributed by atoms with Crippen LogP contribution in [0.5, 0.6) is 5.75 Å². The van der Waals surface area contributed by atoms with E-state index >= 15 is 0 Å². The zero-order valence-corrected chi connectivity index (χ0v) is 17.7. The van der Waals surface area contributed by atoms with Crippen molar-refractivity contribution in [2.45, 2.75) is 25.4 Å². The molecule has 1 spiro atoms. The molecule has 1 aliphatic heterocycles. The van der Waals surface area contributed by atoms with Gasteiger partial charge in [-0.3, -0.25) is 14.4 Å². The Morgan fingerprint density at radius 3 is 2.75 bits per heavy atom. The first-order valence-electron chi connectivity index (χ1n) is 10.2. The Kier molecular flexibility index (Phi) is 5.49. The molecule has 2 unspecified atom stereocenters. The summed E-state index contributed by atoms with van der Waals surface area (Å²) in [5.41, 5.74) is -2.05. The van der Waals surface area contributed by atoms with Gasteiger partial charge >= 0.3 is 0 Å². The summed E-state index contributed by atoms with van der Waals surface area (Å²) in [6, 6.07) is 2.94. The van der Waals surface area contributed by atoms with E-state index in [4.69, 9.17) is 4.74 Å². The van der Waals surface area contributed by atoms with Crippen LogP contribution in [0.3, 0.4) is 0 Å². The molecule has 0 radical (unpaired) electrons. The Balaban J connectivity index is 1.70. The van der Waals surface area contributed by atoms with Crippen molar-refractivity contribution in [1.82, 2.24) is 14.8 Å². The maximum atomic E-state index is 13.9. The molecule has 0 bridgehead atoms. The number of aromatic hydroxyl groups is 1. The third kappa shape index (κ3) is 3.44. The fraction of sp³-hybridized carbons (Fsp3) is 0.409. The average Bonchev–Trinajstić information content (AvgIpc) is 3.44. The largest absolute Gasteiger partial charge is 0.503 e. The Hall–Kier alpha value is -3.27. The molecular weight excluding hydrogens is 424 g/mol. The molecule has 1 saturated carbocycles. The molecule has 1 aromatic carbocycles. The Bertz CT molecular complexity index is 1160. The number of fused-ring (bicyclic) bond motifs is 2. The van der Waals surface area contributed by atoms with Crippen LogP contribution in [-0.4, -0.2) is 53.2 Å². The van der Waals surface area contributed by atoms with Crippen molar-refractivity contribution in [3.8, 4) is 5.75 Å². The maximum absolute atomic E-state index is 13.9.